The number of alkyl halides is 1. The first kappa shape index (κ1) is 13.5. The van der Waals surface area contributed by atoms with Crippen LogP contribution in [0.3, 0.4) is 0 Å². The lowest BCUT2D eigenvalue weighted by Gasteiger charge is -2.32. The van der Waals surface area contributed by atoms with Crippen LogP contribution in [0.15, 0.2) is 18.2 Å². The molecule has 98 valence electrons. The lowest BCUT2D eigenvalue weighted by atomic mass is 9.99. The SMILES string of the molecule is Cc1ccc(C(=O)N2CCCC(CBr)C2)c(F)c1. The van der Waals surface area contributed by atoms with E-state index in [4.69, 9.17) is 0 Å². The quantitative estimate of drug-likeness (QED) is 0.766. The maximum Gasteiger partial charge on any atom is 0.256 e. The Morgan fingerprint density at radius 1 is 1.56 bits per heavy atom. The molecule has 1 heterocycles. The van der Waals surface area contributed by atoms with Crippen LogP contribution in [0.2, 0.25) is 0 Å². The van der Waals surface area contributed by atoms with E-state index in [9.17, 15) is 9.18 Å². The van der Waals surface area contributed by atoms with E-state index < -0.39 is 5.82 Å². The zero-order chi connectivity index (χ0) is 13.1. The number of hydrogen-bond acceptors (Lipinski definition) is 1. The fourth-order valence-corrected chi connectivity index (χ4v) is 2.87. The van der Waals surface area contributed by atoms with Gasteiger partial charge in [-0.3, -0.25) is 4.79 Å². The van der Waals surface area contributed by atoms with Gasteiger partial charge in [0.1, 0.15) is 5.82 Å². The van der Waals surface area contributed by atoms with Crippen LogP contribution in [0.1, 0.15) is 28.8 Å². The minimum absolute atomic E-state index is 0.182. The molecule has 1 saturated heterocycles. The third-order valence-corrected chi connectivity index (χ3v) is 4.30. The van der Waals surface area contributed by atoms with Crippen molar-refractivity contribution in [2.75, 3.05) is 18.4 Å². The van der Waals surface area contributed by atoms with E-state index in [1.54, 1.807) is 17.0 Å². The number of benzene rings is 1. The number of carbonyl (C=O) groups excluding carboxylic acids is 1. The predicted molar refractivity (Wildman–Crippen MR) is 73.6 cm³/mol. The van der Waals surface area contributed by atoms with Crippen molar-refractivity contribution in [1.82, 2.24) is 4.90 Å². The number of piperidine rings is 1. The number of aryl methyl sites for hydroxylation is 1. The highest BCUT2D eigenvalue weighted by Crippen LogP contribution is 2.21. The van der Waals surface area contributed by atoms with E-state index in [-0.39, 0.29) is 11.5 Å². The standard InChI is InChI=1S/C14H17BrFNO/c1-10-4-5-12(13(16)7-10)14(18)17-6-2-3-11(8-15)9-17/h4-5,7,11H,2-3,6,8-9H2,1H3. The second kappa shape index (κ2) is 5.83. The van der Waals surface area contributed by atoms with Crippen LogP contribution in [0.25, 0.3) is 0 Å². The molecule has 0 aliphatic carbocycles. The Hall–Kier alpha value is -0.900. The fraction of sp³-hybridized carbons (Fsp3) is 0.500. The van der Waals surface area contributed by atoms with Gasteiger partial charge in [-0.05, 0) is 43.4 Å². The Morgan fingerprint density at radius 2 is 2.33 bits per heavy atom. The van der Waals surface area contributed by atoms with Gasteiger partial charge in [-0.25, -0.2) is 4.39 Å². The van der Waals surface area contributed by atoms with E-state index in [2.05, 4.69) is 15.9 Å². The first-order valence-electron chi connectivity index (χ1n) is 6.23. The Balaban J connectivity index is 2.15. The molecule has 2 nitrogen and oxygen atoms in total. The van der Waals surface area contributed by atoms with Gasteiger partial charge >= 0.3 is 0 Å². The molecular weight excluding hydrogens is 297 g/mol. The summed E-state index contributed by atoms with van der Waals surface area (Å²) < 4.78 is 13.8. The number of hydrogen-bond donors (Lipinski definition) is 0. The Kier molecular flexibility index (Phi) is 4.38. The molecule has 1 amide bonds. The summed E-state index contributed by atoms with van der Waals surface area (Å²) in [4.78, 5) is 14.0. The topological polar surface area (TPSA) is 20.3 Å². The summed E-state index contributed by atoms with van der Waals surface area (Å²) in [6, 6.07) is 4.78. The second-order valence-electron chi connectivity index (χ2n) is 4.90. The van der Waals surface area contributed by atoms with Gasteiger partial charge in [-0.1, -0.05) is 22.0 Å². The third-order valence-electron chi connectivity index (χ3n) is 3.38. The van der Waals surface area contributed by atoms with Crippen LogP contribution in [0, 0.1) is 18.7 Å². The summed E-state index contributed by atoms with van der Waals surface area (Å²) in [5, 5.41) is 0.896. The minimum atomic E-state index is -0.416. The monoisotopic (exact) mass is 313 g/mol. The lowest BCUT2D eigenvalue weighted by Crippen LogP contribution is -2.40. The molecule has 0 bridgehead atoms. The van der Waals surface area contributed by atoms with Gasteiger partial charge in [0, 0.05) is 18.4 Å². The molecule has 1 aromatic rings. The summed E-state index contributed by atoms with van der Waals surface area (Å²) >= 11 is 3.46. The Bertz CT molecular complexity index is 449. The van der Waals surface area contributed by atoms with Crippen LogP contribution in [0.5, 0.6) is 0 Å². The van der Waals surface area contributed by atoms with Gasteiger partial charge in [-0.2, -0.15) is 0 Å². The molecule has 1 fully saturated rings. The van der Waals surface area contributed by atoms with Crippen molar-refractivity contribution in [3.05, 3.63) is 35.1 Å². The number of nitrogens with zero attached hydrogens (tertiary/aromatic N) is 1. The van der Waals surface area contributed by atoms with Gasteiger partial charge in [0.25, 0.3) is 5.91 Å². The van der Waals surface area contributed by atoms with Crippen LogP contribution >= 0.6 is 15.9 Å². The highest BCUT2D eigenvalue weighted by atomic mass is 79.9. The lowest BCUT2D eigenvalue weighted by molar-refractivity contribution is 0.0681. The van der Waals surface area contributed by atoms with Gasteiger partial charge in [0.2, 0.25) is 0 Å². The summed E-state index contributed by atoms with van der Waals surface area (Å²) in [5.41, 5.74) is 1.02. The van der Waals surface area contributed by atoms with Crippen molar-refractivity contribution in [1.29, 1.82) is 0 Å². The zero-order valence-corrected chi connectivity index (χ0v) is 12.0. The van der Waals surface area contributed by atoms with E-state index >= 15 is 0 Å². The smallest absolute Gasteiger partial charge is 0.256 e. The number of carbonyl (C=O) groups is 1. The average molecular weight is 314 g/mol. The van der Waals surface area contributed by atoms with Crippen LogP contribution in [-0.4, -0.2) is 29.2 Å². The normalized spacial score (nSPS) is 19.9. The summed E-state index contributed by atoms with van der Waals surface area (Å²) in [6.07, 6.45) is 2.13. The average Bonchev–Trinajstić information content (AvgIpc) is 2.38. The maximum atomic E-state index is 13.8. The van der Waals surface area contributed by atoms with Crippen LogP contribution in [0.4, 0.5) is 4.39 Å². The second-order valence-corrected chi connectivity index (χ2v) is 5.54. The van der Waals surface area contributed by atoms with E-state index in [0.717, 1.165) is 36.8 Å². The molecule has 0 aromatic heterocycles. The Morgan fingerprint density at radius 3 is 3.00 bits per heavy atom. The van der Waals surface area contributed by atoms with Crippen molar-refractivity contribution < 1.29 is 9.18 Å². The molecule has 1 aliphatic heterocycles. The number of halogens is 2. The molecule has 2 rings (SSSR count). The first-order chi connectivity index (χ1) is 8.61. The first-order valence-corrected chi connectivity index (χ1v) is 7.35. The van der Waals surface area contributed by atoms with Crippen molar-refractivity contribution in [3.8, 4) is 0 Å². The largest absolute Gasteiger partial charge is 0.338 e. The van der Waals surface area contributed by atoms with Crippen LogP contribution in [-0.2, 0) is 0 Å². The number of amides is 1. The third kappa shape index (κ3) is 2.91. The molecule has 0 N–H and O–H groups in total. The minimum Gasteiger partial charge on any atom is -0.338 e. The molecule has 1 aliphatic rings. The molecule has 1 atom stereocenters. The highest BCUT2D eigenvalue weighted by Gasteiger charge is 2.25. The molecule has 1 aromatic carbocycles. The van der Waals surface area contributed by atoms with Gasteiger partial charge in [-0.15, -0.1) is 0 Å². The van der Waals surface area contributed by atoms with E-state index in [0.29, 0.717) is 5.92 Å². The van der Waals surface area contributed by atoms with Crippen molar-refractivity contribution in [3.63, 3.8) is 0 Å². The van der Waals surface area contributed by atoms with Gasteiger partial charge in [0.05, 0.1) is 5.56 Å². The molecule has 18 heavy (non-hydrogen) atoms. The molecule has 1 unspecified atom stereocenters. The van der Waals surface area contributed by atoms with E-state index in [1.165, 1.54) is 6.07 Å². The zero-order valence-electron chi connectivity index (χ0n) is 10.5. The molecular formula is C14H17BrFNO. The summed E-state index contributed by atoms with van der Waals surface area (Å²) in [6.45, 7) is 3.27. The van der Waals surface area contributed by atoms with Crippen LogP contribution < -0.4 is 0 Å². The fourth-order valence-electron chi connectivity index (χ4n) is 2.34. The highest BCUT2D eigenvalue weighted by molar-refractivity contribution is 9.09. The number of likely N-dealkylation sites (tertiary alicyclic amines) is 1. The molecule has 0 radical (unpaired) electrons. The predicted octanol–water partition coefficient (Wildman–Crippen LogP) is 3.38. The summed E-state index contributed by atoms with van der Waals surface area (Å²) in [7, 11) is 0. The molecule has 0 spiro atoms. The van der Waals surface area contributed by atoms with Gasteiger partial charge in [0.15, 0.2) is 0 Å². The van der Waals surface area contributed by atoms with Crippen molar-refractivity contribution in [2.24, 2.45) is 5.92 Å². The van der Waals surface area contributed by atoms with Gasteiger partial charge < -0.3 is 4.90 Å². The number of rotatable bonds is 2. The molecule has 4 heteroatoms. The van der Waals surface area contributed by atoms with E-state index in [1.807, 2.05) is 6.92 Å². The molecule has 0 saturated carbocycles. The summed E-state index contributed by atoms with van der Waals surface area (Å²) in [5.74, 6) is -0.115. The maximum absolute atomic E-state index is 13.8. The van der Waals surface area contributed by atoms with Crippen molar-refractivity contribution >= 4 is 21.8 Å². The van der Waals surface area contributed by atoms with Crippen molar-refractivity contribution in [2.45, 2.75) is 19.8 Å². The Labute approximate surface area is 115 Å².